The predicted molar refractivity (Wildman–Crippen MR) is 112 cm³/mol. The Hall–Kier alpha value is -2.94. The molecule has 1 unspecified atom stereocenters. The van der Waals surface area contributed by atoms with Crippen molar-refractivity contribution >= 4 is 33.3 Å². The van der Waals surface area contributed by atoms with E-state index in [0.29, 0.717) is 12.2 Å². The number of fused-ring (bicyclic) bond motifs is 7. The Morgan fingerprint density at radius 3 is 2.63 bits per heavy atom. The smallest absolute Gasteiger partial charge is 0.135 e. The van der Waals surface area contributed by atoms with Crippen molar-refractivity contribution in [2.75, 3.05) is 16.3 Å². The number of rotatable bonds is 1. The average Bonchev–Trinajstić information content (AvgIpc) is 3.16. The van der Waals surface area contributed by atoms with Gasteiger partial charge in [-0.2, -0.15) is 0 Å². The second kappa shape index (κ2) is 5.29. The summed E-state index contributed by atoms with van der Waals surface area (Å²) in [5, 5.41) is 2.42. The fourth-order valence-corrected chi connectivity index (χ4v) is 5.14. The van der Waals surface area contributed by atoms with Crippen LogP contribution in [0.25, 0.3) is 21.9 Å². The molecule has 0 saturated carbocycles. The van der Waals surface area contributed by atoms with E-state index in [1.165, 1.54) is 33.3 Å². The number of para-hydroxylation sites is 2. The maximum atomic E-state index is 6.09. The molecule has 0 aliphatic carbocycles. The highest BCUT2D eigenvalue weighted by molar-refractivity contribution is 6.06. The lowest BCUT2D eigenvalue weighted by Gasteiger charge is -2.31. The van der Waals surface area contributed by atoms with Crippen molar-refractivity contribution in [1.82, 2.24) is 0 Å². The molecule has 0 spiro atoms. The third kappa shape index (κ3) is 2.03. The zero-order chi connectivity index (χ0) is 18.1. The molecule has 3 nitrogen and oxygen atoms in total. The maximum Gasteiger partial charge on any atom is 0.135 e. The summed E-state index contributed by atoms with van der Waals surface area (Å²) in [5.74, 6) is 0. The van der Waals surface area contributed by atoms with Crippen molar-refractivity contribution in [3.05, 3.63) is 71.8 Å². The van der Waals surface area contributed by atoms with Gasteiger partial charge in [0.2, 0.25) is 0 Å². The van der Waals surface area contributed by atoms with Gasteiger partial charge in [-0.05, 0) is 55.7 Å². The van der Waals surface area contributed by atoms with Crippen LogP contribution in [0.4, 0.5) is 11.4 Å². The molecule has 1 saturated heterocycles. The molecule has 3 aromatic carbocycles. The van der Waals surface area contributed by atoms with Gasteiger partial charge in [0.25, 0.3) is 0 Å². The molecule has 2 aliphatic heterocycles. The summed E-state index contributed by atoms with van der Waals surface area (Å²) in [6.07, 6.45) is 1.47. The van der Waals surface area contributed by atoms with Gasteiger partial charge in [-0.25, -0.2) is 0 Å². The normalized spacial score (nSPS) is 21.3. The summed E-state index contributed by atoms with van der Waals surface area (Å²) in [7, 11) is 0. The number of hydrogen-bond acceptors (Lipinski definition) is 3. The number of anilines is 2. The highest BCUT2D eigenvalue weighted by Crippen LogP contribution is 2.42. The van der Waals surface area contributed by atoms with Crippen LogP contribution in [0.3, 0.4) is 0 Å². The third-order valence-electron chi connectivity index (χ3n) is 6.38. The first-order valence-electron chi connectivity index (χ1n) is 9.75. The lowest BCUT2D eigenvalue weighted by molar-refractivity contribution is 0.660. The Balaban J connectivity index is 1.52. The Morgan fingerprint density at radius 1 is 0.889 bits per heavy atom. The van der Waals surface area contributed by atoms with E-state index in [-0.39, 0.29) is 0 Å². The van der Waals surface area contributed by atoms with Crippen LogP contribution in [0.1, 0.15) is 18.1 Å². The van der Waals surface area contributed by atoms with Crippen molar-refractivity contribution in [1.29, 1.82) is 0 Å². The molecule has 2 atom stereocenters. The van der Waals surface area contributed by atoms with Crippen LogP contribution in [0.15, 0.2) is 65.1 Å². The predicted octanol–water partition coefficient (Wildman–Crippen LogP) is 5.49. The van der Waals surface area contributed by atoms with E-state index in [0.717, 1.165) is 24.1 Å². The van der Waals surface area contributed by atoms with E-state index in [4.69, 9.17) is 4.42 Å². The highest BCUT2D eigenvalue weighted by atomic mass is 16.3. The molecule has 1 aromatic heterocycles. The third-order valence-corrected chi connectivity index (χ3v) is 6.38. The molecule has 3 heteroatoms. The lowest BCUT2D eigenvalue weighted by Crippen LogP contribution is -2.38. The number of hydrogen-bond donors (Lipinski definition) is 0. The van der Waals surface area contributed by atoms with E-state index in [2.05, 4.69) is 78.2 Å². The van der Waals surface area contributed by atoms with E-state index >= 15 is 0 Å². The first-order valence-corrected chi connectivity index (χ1v) is 9.75. The quantitative estimate of drug-likeness (QED) is 0.450. The molecule has 3 heterocycles. The number of benzene rings is 3. The molecule has 4 aromatic rings. The van der Waals surface area contributed by atoms with Crippen LogP contribution >= 0.6 is 0 Å². The minimum atomic E-state index is 0.355. The van der Waals surface area contributed by atoms with Crippen LogP contribution in [-0.2, 0) is 6.42 Å². The van der Waals surface area contributed by atoms with Crippen LogP contribution in [0, 0.1) is 6.92 Å². The zero-order valence-corrected chi connectivity index (χ0v) is 15.6. The van der Waals surface area contributed by atoms with Crippen molar-refractivity contribution in [3.8, 4) is 0 Å². The summed E-state index contributed by atoms with van der Waals surface area (Å²) in [6.45, 7) is 5.64. The van der Waals surface area contributed by atoms with Gasteiger partial charge in [0, 0.05) is 28.7 Å². The Labute approximate surface area is 158 Å². The molecule has 2 aliphatic rings. The summed E-state index contributed by atoms with van der Waals surface area (Å²) < 4.78 is 6.09. The minimum Gasteiger partial charge on any atom is -0.456 e. The molecule has 0 radical (unpaired) electrons. The van der Waals surface area contributed by atoms with Gasteiger partial charge in [-0.3, -0.25) is 0 Å². The van der Waals surface area contributed by atoms with Gasteiger partial charge >= 0.3 is 0 Å². The van der Waals surface area contributed by atoms with Gasteiger partial charge in [-0.15, -0.1) is 0 Å². The van der Waals surface area contributed by atoms with Crippen molar-refractivity contribution in [3.63, 3.8) is 0 Å². The fourth-order valence-electron chi connectivity index (χ4n) is 5.14. The van der Waals surface area contributed by atoms with Gasteiger partial charge < -0.3 is 14.2 Å². The first kappa shape index (κ1) is 15.2. The second-order valence-electron chi connectivity index (χ2n) is 7.91. The number of aryl methyl sites for hydroxylation is 1. The second-order valence-corrected chi connectivity index (χ2v) is 7.91. The van der Waals surface area contributed by atoms with Crippen LogP contribution in [0.5, 0.6) is 0 Å². The first-order chi connectivity index (χ1) is 13.2. The summed E-state index contributed by atoms with van der Waals surface area (Å²) >= 11 is 0. The number of furan rings is 1. The van der Waals surface area contributed by atoms with E-state index in [9.17, 15) is 0 Å². The maximum absolute atomic E-state index is 6.09. The van der Waals surface area contributed by atoms with Crippen LogP contribution in [-0.4, -0.2) is 18.8 Å². The van der Waals surface area contributed by atoms with Crippen molar-refractivity contribution in [2.24, 2.45) is 0 Å². The Kier molecular flexibility index (Phi) is 2.97. The average molecular weight is 354 g/mol. The molecule has 1 fully saturated rings. The van der Waals surface area contributed by atoms with E-state index in [1.54, 1.807) is 0 Å². The lowest BCUT2D eigenvalue weighted by atomic mass is 9.99. The van der Waals surface area contributed by atoms with Crippen LogP contribution in [0.2, 0.25) is 0 Å². The highest BCUT2D eigenvalue weighted by Gasteiger charge is 2.41. The monoisotopic (exact) mass is 354 g/mol. The molecular weight excluding hydrogens is 332 g/mol. The molecule has 0 amide bonds. The molecule has 2 bridgehead atoms. The molecule has 6 rings (SSSR count). The SMILES string of the molecule is Cc1cc2oc3ccccc3c2cc1N1C2Cc3ccccc3N(C2)[C@@H]1C. The van der Waals surface area contributed by atoms with E-state index < -0.39 is 0 Å². The standard InChI is InChI=1S/C24H22N2O/c1-15-11-24-20(19-8-4-6-10-23(19)27-24)13-22(15)26-16(2)25-14-18(26)12-17-7-3-5-9-21(17)25/h3-11,13,16,18H,12,14H2,1-2H3/t16-,18?/m0/s1. The van der Waals surface area contributed by atoms with Gasteiger partial charge in [0.05, 0.1) is 12.2 Å². The minimum absolute atomic E-state index is 0.355. The van der Waals surface area contributed by atoms with Gasteiger partial charge in [-0.1, -0.05) is 36.4 Å². The molecule has 0 N–H and O–H groups in total. The zero-order valence-electron chi connectivity index (χ0n) is 15.6. The van der Waals surface area contributed by atoms with Crippen molar-refractivity contribution in [2.45, 2.75) is 32.5 Å². The van der Waals surface area contributed by atoms with E-state index in [1.807, 2.05) is 6.07 Å². The Bertz CT molecular complexity index is 1190. The van der Waals surface area contributed by atoms with Crippen molar-refractivity contribution < 1.29 is 4.42 Å². The molecule has 27 heavy (non-hydrogen) atoms. The summed E-state index contributed by atoms with van der Waals surface area (Å²) in [4.78, 5) is 5.18. The molecule has 134 valence electrons. The molecular formula is C24H22N2O. The summed E-state index contributed by atoms with van der Waals surface area (Å²) in [6, 6.07) is 22.3. The van der Waals surface area contributed by atoms with Crippen LogP contribution < -0.4 is 9.80 Å². The van der Waals surface area contributed by atoms with Gasteiger partial charge in [0.1, 0.15) is 11.2 Å². The largest absolute Gasteiger partial charge is 0.456 e. The van der Waals surface area contributed by atoms with Gasteiger partial charge in [0.15, 0.2) is 0 Å². The summed E-state index contributed by atoms with van der Waals surface area (Å²) in [5.41, 5.74) is 7.43. The fraction of sp³-hybridized carbons (Fsp3) is 0.250. The topological polar surface area (TPSA) is 19.6 Å². The Morgan fingerprint density at radius 2 is 1.70 bits per heavy atom. The number of nitrogens with zero attached hydrogens (tertiary/aromatic N) is 2.